The van der Waals surface area contributed by atoms with Gasteiger partial charge in [-0.05, 0) is 37.1 Å². The van der Waals surface area contributed by atoms with Gasteiger partial charge in [-0.2, -0.15) is 0 Å². The van der Waals surface area contributed by atoms with Gasteiger partial charge in [0.05, 0.1) is 7.11 Å². The average molecular weight is 255 g/mol. The monoisotopic (exact) mass is 255 g/mol. The van der Waals surface area contributed by atoms with Crippen LogP contribution < -0.4 is 10.1 Å². The number of anilines is 1. The Bertz CT molecular complexity index is 605. The molecule has 0 radical (unpaired) electrons. The van der Waals surface area contributed by atoms with Gasteiger partial charge in [-0.15, -0.1) is 0 Å². The molecular formula is C16H17NO2. The van der Waals surface area contributed by atoms with Gasteiger partial charge < -0.3 is 10.1 Å². The van der Waals surface area contributed by atoms with E-state index >= 15 is 0 Å². The minimum absolute atomic E-state index is 0.102. The molecule has 0 saturated heterocycles. The molecule has 0 aliphatic rings. The fourth-order valence-corrected chi connectivity index (χ4v) is 1.88. The molecule has 3 nitrogen and oxygen atoms in total. The molecule has 0 unspecified atom stereocenters. The molecule has 0 aliphatic heterocycles. The number of methoxy groups -OCH3 is 1. The number of benzene rings is 2. The molecule has 0 aromatic heterocycles. The summed E-state index contributed by atoms with van der Waals surface area (Å²) in [5.41, 5.74) is 3.42. The molecule has 0 saturated carbocycles. The first-order chi connectivity index (χ1) is 9.11. The van der Waals surface area contributed by atoms with E-state index in [0.717, 1.165) is 22.6 Å². The van der Waals surface area contributed by atoms with E-state index in [1.54, 1.807) is 7.11 Å². The van der Waals surface area contributed by atoms with Crippen molar-refractivity contribution in [2.24, 2.45) is 0 Å². The van der Waals surface area contributed by atoms with Crippen LogP contribution in [-0.4, -0.2) is 13.0 Å². The third-order valence-corrected chi connectivity index (χ3v) is 3.08. The Morgan fingerprint density at radius 2 is 1.79 bits per heavy atom. The van der Waals surface area contributed by atoms with Crippen molar-refractivity contribution in [3.05, 3.63) is 59.2 Å². The van der Waals surface area contributed by atoms with Crippen LogP contribution in [0.5, 0.6) is 5.75 Å². The van der Waals surface area contributed by atoms with E-state index in [4.69, 9.17) is 4.74 Å². The number of aryl methyl sites for hydroxylation is 2. The molecule has 3 heteroatoms. The number of amides is 1. The fourth-order valence-electron chi connectivity index (χ4n) is 1.88. The number of carbonyl (C=O) groups is 1. The lowest BCUT2D eigenvalue weighted by Gasteiger charge is -2.11. The van der Waals surface area contributed by atoms with E-state index in [0.29, 0.717) is 5.56 Å². The van der Waals surface area contributed by atoms with Crippen LogP contribution in [0.15, 0.2) is 42.5 Å². The summed E-state index contributed by atoms with van der Waals surface area (Å²) in [4.78, 5) is 12.2. The predicted molar refractivity (Wildman–Crippen MR) is 76.9 cm³/mol. The molecule has 0 fully saturated rings. The maximum absolute atomic E-state index is 12.2. The number of hydrogen-bond acceptors (Lipinski definition) is 2. The highest BCUT2D eigenvalue weighted by Crippen LogP contribution is 2.22. The number of hydrogen-bond donors (Lipinski definition) is 1. The molecule has 2 rings (SSSR count). The van der Waals surface area contributed by atoms with Crippen molar-refractivity contribution in [3.63, 3.8) is 0 Å². The zero-order chi connectivity index (χ0) is 13.8. The molecule has 2 aromatic rings. The van der Waals surface area contributed by atoms with Crippen LogP contribution in [0.3, 0.4) is 0 Å². The summed E-state index contributed by atoms with van der Waals surface area (Å²) in [5, 5.41) is 2.92. The summed E-state index contributed by atoms with van der Waals surface area (Å²) in [6.45, 7) is 3.88. The molecule has 98 valence electrons. The first-order valence-corrected chi connectivity index (χ1v) is 6.13. The highest BCUT2D eigenvalue weighted by atomic mass is 16.5. The van der Waals surface area contributed by atoms with E-state index < -0.39 is 0 Å². The summed E-state index contributed by atoms with van der Waals surface area (Å²) < 4.78 is 5.17. The average Bonchev–Trinajstić information content (AvgIpc) is 2.41. The zero-order valence-electron chi connectivity index (χ0n) is 11.4. The van der Waals surface area contributed by atoms with Gasteiger partial charge in [-0.25, -0.2) is 0 Å². The number of carbonyl (C=O) groups excluding carboxylic acids is 1. The molecular weight excluding hydrogens is 238 g/mol. The Morgan fingerprint density at radius 1 is 1.05 bits per heavy atom. The SMILES string of the molecule is COc1ccc(C)c(NC(=O)c2ccccc2C)c1. The van der Waals surface area contributed by atoms with E-state index in [1.165, 1.54) is 0 Å². The number of ether oxygens (including phenoxy) is 1. The second-order valence-corrected chi connectivity index (χ2v) is 4.45. The fraction of sp³-hybridized carbons (Fsp3) is 0.188. The van der Waals surface area contributed by atoms with Gasteiger partial charge >= 0.3 is 0 Å². The van der Waals surface area contributed by atoms with Crippen LogP contribution in [0.1, 0.15) is 21.5 Å². The predicted octanol–water partition coefficient (Wildman–Crippen LogP) is 3.56. The molecule has 0 atom stereocenters. The highest BCUT2D eigenvalue weighted by molar-refractivity contribution is 6.05. The van der Waals surface area contributed by atoms with Crippen LogP contribution in [0.2, 0.25) is 0 Å². The lowest BCUT2D eigenvalue weighted by atomic mass is 10.1. The Morgan fingerprint density at radius 3 is 2.47 bits per heavy atom. The van der Waals surface area contributed by atoms with Crippen molar-refractivity contribution in [1.29, 1.82) is 0 Å². The summed E-state index contributed by atoms with van der Waals surface area (Å²) in [5.74, 6) is 0.625. The summed E-state index contributed by atoms with van der Waals surface area (Å²) in [6.07, 6.45) is 0. The second-order valence-electron chi connectivity index (χ2n) is 4.45. The van der Waals surface area contributed by atoms with E-state index in [1.807, 2.05) is 56.3 Å². The quantitative estimate of drug-likeness (QED) is 0.910. The van der Waals surface area contributed by atoms with Crippen molar-refractivity contribution in [1.82, 2.24) is 0 Å². The maximum Gasteiger partial charge on any atom is 0.255 e. The Kier molecular flexibility index (Phi) is 3.85. The standard InChI is InChI=1S/C16H17NO2/c1-11-6-4-5-7-14(11)16(18)17-15-10-13(19-3)9-8-12(15)2/h4-10H,1-3H3,(H,17,18). The summed E-state index contributed by atoms with van der Waals surface area (Å²) >= 11 is 0. The molecule has 0 heterocycles. The number of rotatable bonds is 3. The lowest BCUT2D eigenvalue weighted by Crippen LogP contribution is -2.14. The maximum atomic E-state index is 12.2. The zero-order valence-corrected chi connectivity index (χ0v) is 11.4. The molecule has 19 heavy (non-hydrogen) atoms. The topological polar surface area (TPSA) is 38.3 Å². The second kappa shape index (κ2) is 5.57. The molecule has 1 amide bonds. The van der Waals surface area contributed by atoms with Crippen molar-refractivity contribution < 1.29 is 9.53 Å². The normalized spacial score (nSPS) is 10.1. The highest BCUT2D eigenvalue weighted by Gasteiger charge is 2.10. The first-order valence-electron chi connectivity index (χ1n) is 6.13. The number of nitrogens with one attached hydrogen (secondary N) is 1. The van der Waals surface area contributed by atoms with Gasteiger partial charge in [0.15, 0.2) is 0 Å². The van der Waals surface area contributed by atoms with Crippen LogP contribution in [-0.2, 0) is 0 Å². The van der Waals surface area contributed by atoms with Gasteiger partial charge in [-0.1, -0.05) is 24.3 Å². The van der Waals surface area contributed by atoms with Crippen molar-refractivity contribution >= 4 is 11.6 Å². The van der Waals surface area contributed by atoms with E-state index in [9.17, 15) is 4.79 Å². The van der Waals surface area contributed by atoms with Crippen LogP contribution >= 0.6 is 0 Å². The first kappa shape index (κ1) is 13.1. The Hall–Kier alpha value is -2.29. The van der Waals surface area contributed by atoms with E-state index in [-0.39, 0.29) is 5.91 Å². The van der Waals surface area contributed by atoms with Gasteiger partial charge in [0.25, 0.3) is 5.91 Å². The molecule has 0 bridgehead atoms. The van der Waals surface area contributed by atoms with Crippen LogP contribution in [0, 0.1) is 13.8 Å². The molecule has 2 aromatic carbocycles. The van der Waals surface area contributed by atoms with Crippen molar-refractivity contribution in [3.8, 4) is 5.75 Å². The largest absolute Gasteiger partial charge is 0.497 e. The van der Waals surface area contributed by atoms with E-state index in [2.05, 4.69) is 5.32 Å². The van der Waals surface area contributed by atoms with Crippen LogP contribution in [0.4, 0.5) is 5.69 Å². The third kappa shape index (κ3) is 2.94. The van der Waals surface area contributed by atoms with Gasteiger partial charge in [0, 0.05) is 17.3 Å². The summed E-state index contributed by atoms with van der Waals surface area (Å²) in [6, 6.07) is 13.1. The van der Waals surface area contributed by atoms with Gasteiger partial charge in [-0.3, -0.25) is 4.79 Å². The van der Waals surface area contributed by atoms with Crippen molar-refractivity contribution in [2.45, 2.75) is 13.8 Å². The van der Waals surface area contributed by atoms with Crippen molar-refractivity contribution in [2.75, 3.05) is 12.4 Å². The lowest BCUT2D eigenvalue weighted by molar-refractivity contribution is 0.102. The Balaban J connectivity index is 2.26. The minimum Gasteiger partial charge on any atom is -0.497 e. The smallest absolute Gasteiger partial charge is 0.255 e. The summed E-state index contributed by atoms with van der Waals surface area (Å²) in [7, 11) is 1.61. The third-order valence-electron chi connectivity index (χ3n) is 3.08. The van der Waals surface area contributed by atoms with Gasteiger partial charge in [0.2, 0.25) is 0 Å². The molecule has 1 N–H and O–H groups in total. The molecule has 0 aliphatic carbocycles. The Labute approximate surface area is 113 Å². The van der Waals surface area contributed by atoms with Gasteiger partial charge in [0.1, 0.15) is 5.75 Å². The molecule has 0 spiro atoms. The minimum atomic E-state index is -0.102. The van der Waals surface area contributed by atoms with Crippen LogP contribution in [0.25, 0.3) is 0 Å².